The maximum atomic E-state index is 3.80. The summed E-state index contributed by atoms with van der Waals surface area (Å²) >= 11 is 1.98. The van der Waals surface area contributed by atoms with Gasteiger partial charge in [-0.05, 0) is 31.6 Å². The highest BCUT2D eigenvalue weighted by molar-refractivity contribution is 7.99. The smallest absolute Gasteiger partial charge is 0.0429 e. The first kappa shape index (κ1) is 10.6. The molecule has 2 aliphatic heterocycles. The van der Waals surface area contributed by atoms with Crippen LogP contribution in [0.2, 0.25) is 0 Å². The molecule has 2 atom stereocenters. The van der Waals surface area contributed by atoms with E-state index in [1.807, 2.05) is 11.8 Å². The minimum atomic E-state index is 0.567. The van der Waals surface area contributed by atoms with Gasteiger partial charge in [0.25, 0.3) is 0 Å². The predicted octanol–water partition coefficient (Wildman–Crippen LogP) is 2.13. The van der Waals surface area contributed by atoms with Gasteiger partial charge in [0.05, 0.1) is 0 Å². The second kappa shape index (κ2) is 4.40. The van der Waals surface area contributed by atoms with Gasteiger partial charge in [-0.15, -0.1) is 11.8 Å². The SMILES string of the molecule is CN1CCC(NC2CSc3ccccc32)C1. The van der Waals surface area contributed by atoms with Gasteiger partial charge < -0.3 is 10.2 Å². The second-order valence-electron chi connectivity index (χ2n) is 4.82. The fourth-order valence-corrected chi connectivity index (χ4v) is 3.83. The fourth-order valence-electron chi connectivity index (χ4n) is 2.66. The lowest BCUT2D eigenvalue weighted by Crippen LogP contribution is -2.34. The van der Waals surface area contributed by atoms with Crippen LogP contribution in [0.25, 0.3) is 0 Å². The molecule has 1 N–H and O–H groups in total. The normalized spacial score (nSPS) is 29.6. The highest BCUT2D eigenvalue weighted by Crippen LogP contribution is 2.38. The molecule has 86 valence electrons. The molecule has 16 heavy (non-hydrogen) atoms. The lowest BCUT2D eigenvalue weighted by Gasteiger charge is -2.19. The molecule has 0 saturated carbocycles. The van der Waals surface area contributed by atoms with Crippen molar-refractivity contribution in [2.45, 2.75) is 23.4 Å². The molecule has 2 heterocycles. The van der Waals surface area contributed by atoms with Gasteiger partial charge in [-0.1, -0.05) is 18.2 Å². The van der Waals surface area contributed by atoms with Crippen LogP contribution < -0.4 is 5.32 Å². The third-order valence-electron chi connectivity index (χ3n) is 3.53. The number of hydrogen-bond donors (Lipinski definition) is 1. The van der Waals surface area contributed by atoms with Gasteiger partial charge in [0, 0.05) is 29.3 Å². The van der Waals surface area contributed by atoms with Gasteiger partial charge in [-0.2, -0.15) is 0 Å². The molecule has 0 aliphatic carbocycles. The van der Waals surface area contributed by atoms with Crippen LogP contribution in [0.15, 0.2) is 29.2 Å². The van der Waals surface area contributed by atoms with Crippen molar-refractivity contribution in [3.63, 3.8) is 0 Å². The van der Waals surface area contributed by atoms with E-state index >= 15 is 0 Å². The molecule has 0 amide bonds. The van der Waals surface area contributed by atoms with Crippen LogP contribution in [-0.4, -0.2) is 36.8 Å². The Morgan fingerprint density at radius 1 is 1.38 bits per heavy atom. The van der Waals surface area contributed by atoms with E-state index in [-0.39, 0.29) is 0 Å². The second-order valence-corrected chi connectivity index (χ2v) is 5.88. The summed E-state index contributed by atoms with van der Waals surface area (Å²) in [7, 11) is 2.21. The summed E-state index contributed by atoms with van der Waals surface area (Å²) in [6.45, 7) is 2.43. The maximum absolute atomic E-state index is 3.80. The molecule has 2 aliphatic rings. The van der Waals surface area contributed by atoms with E-state index in [9.17, 15) is 0 Å². The number of likely N-dealkylation sites (tertiary alicyclic amines) is 1. The van der Waals surface area contributed by atoms with E-state index in [4.69, 9.17) is 0 Å². The molecule has 3 heteroatoms. The van der Waals surface area contributed by atoms with Crippen molar-refractivity contribution in [3.05, 3.63) is 29.8 Å². The molecule has 0 bridgehead atoms. The van der Waals surface area contributed by atoms with Crippen LogP contribution in [0.4, 0.5) is 0 Å². The van der Waals surface area contributed by atoms with Crippen LogP contribution in [0, 0.1) is 0 Å². The third kappa shape index (κ3) is 1.99. The molecule has 1 fully saturated rings. The lowest BCUT2D eigenvalue weighted by atomic mass is 10.1. The molecule has 0 radical (unpaired) electrons. The van der Waals surface area contributed by atoms with E-state index < -0.39 is 0 Å². The van der Waals surface area contributed by atoms with E-state index in [2.05, 4.69) is 41.5 Å². The molecule has 0 aromatic heterocycles. The molecule has 3 rings (SSSR count). The third-order valence-corrected chi connectivity index (χ3v) is 4.71. The van der Waals surface area contributed by atoms with Crippen LogP contribution in [0.5, 0.6) is 0 Å². The van der Waals surface area contributed by atoms with E-state index in [0.29, 0.717) is 12.1 Å². The summed E-state index contributed by atoms with van der Waals surface area (Å²) in [6.07, 6.45) is 1.29. The van der Waals surface area contributed by atoms with Crippen LogP contribution in [0.3, 0.4) is 0 Å². The van der Waals surface area contributed by atoms with Gasteiger partial charge in [0.1, 0.15) is 0 Å². The average Bonchev–Trinajstić information content (AvgIpc) is 2.87. The molecular weight excluding hydrogens is 216 g/mol. The summed E-state index contributed by atoms with van der Waals surface area (Å²) in [5.74, 6) is 1.19. The summed E-state index contributed by atoms with van der Waals surface area (Å²) in [4.78, 5) is 3.87. The van der Waals surface area contributed by atoms with Gasteiger partial charge in [-0.3, -0.25) is 0 Å². The Bertz CT molecular complexity index is 380. The summed E-state index contributed by atoms with van der Waals surface area (Å²) in [5, 5.41) is 3.80. The number of benzene rings is 1. The Labute approximate surface area is 101 Å². The molecule has 2 nitrogen and oxygen atoms in total. The van der Waals surface area contributed by atoms with E-state index in [0.717, 1.165) is 0 Å². The monoisotopic (exact) mass is 234 g/mol. The topological polar surface area (TPSA) is 15.3 Å². The Morgan fingerprint density at radius 3 is 3.06 bits per heavy atom. The first-order chi connectivity index (χ1) is 7.83. The number of nitrogens with one attached hydrogen (secondary N) is 1. The first-order valence-electron chi connectivity index (χ1n) is 5.99. The minimum Gasteiger partial charge on any atom is -0.305 e. The number of fused-ring (bicyclic) bond motifs is 1. The zero-order valence-corrected chi connectivity index (χ0v) is 10.5. The number of rotatable bonds is 2. The van der Waals surface area contributed by atoms with E-state index in [1.54, 1.807) is 0 Å². The van der Waals surface area contributed by atoms with Crippen molar-refractivity contribution in [2.24, 2.45) is 0 Å². The minimum absolute atomic E-state index is 0.567. The zero-order valence-electron chi connectivity index (χ0n) is 9.65. The fraction of sp³-hybridized carbons (Fsp3) is 0.538. The van der Waals surface area contributed by atoms with Gasteiger partial charge in [0.15, 0.2) is 0 Å². The molecule has 1 aromatic carbocycles. The quantitative estimate of drug-likeness (QED) is 0.844. The standard InChI is InChI=1S/C13H18N2S/c1-15-7-6-10(8-15)14-12-9-16-13-5-3-2-4-11(12)13/h2-5,10,12,14H,6-9H2,1H3. The number of nitrogens with zero attached hydrogens (tertiary/aromatic N) is 1. The van der Waals surface area contributed by atoms with Crippen LogP contribution in [-0.2, 0) is 0 Å². The summed E-state index contributed by atoms with van der Waals surface area (Å²) < 4.78 is 0. The van der Waals surface area contributed by atoms with Crippen molar-refractivity contribution >= 4 is 11.8 Å². The lowest BCUT2D eigenvalue weighted by molar-refractivity contribution is 0.388. The Kier molecular flexibility index (Phi) is 2.92. The van der Waals surface area contributed by atoms with Crippen molar-refractivity contribution in [1.29, 1.82) is 0 Å². The first-order valence-corrected chi connectivity index (χ1v) is 6.98. The van der Waals surface area contributed by atoms with Crippen LogP contribution >= 0.6 is 11.8 Å². The average molecular weight is 234 g/mol. The summed E-state index contributed by atoms with van der Waals surface area (Å²) in [6, 6.07) is 10.0. The number of likely N-dealkylation sites (N-methyl/N-ethyl adjacent to an activating group) is 1. The van der Waals surface area contributed by atoms with Crippen molar-refractivity contribution < 1.29 is 0 Å². The maximum Gasteiger partial charge on any atom is 0.0429 e. The van der Waals surface area contributed by atoms with E-state index in [1.165, 1.54) is 35.7 Å². The number of thioether (sulfide) groups is 1. The van der Waals surface area contributed by atoms with Crippen molar-refractivity contribution in [1.82, 2.24) is 10.2 Å². The highest BCUT2D eigenvalue weighted by Gasteiger charge is 2.27. The predicted molar refractivity (Wildman–Crippen MR) is 68.9 cm³/mol. The van der Waals surface area contributed by atoms with Gasteiger partial charge in [-0.25, -0.2) is 0 Å². The van der Waals surface area contributed by atoms with Crippen molar-refractivity contribution in [2.75, 3.05) is 25.9 Å². The largest absolute Gasteiger partial charge is 0.305 e. The molecule has 2 unspecified atom stereocenters. The molecular formula is C13H18N2S. The van der Waals surface area contributed by atoms with Gasteiger partial charge in [0.2, 0.25) is 0 Å². The van der Waals surface area contributed by atoms with Crippen LogP contribution in [0.1, 0.15) is 18.0 Å². The Hall–Kier alpha value is -0.510. The molecule has 1 saturated heterocycles. The molecule has 0 spiro atoms. The summed E-state index contributed by atoms with van der Waals surface area (Å²) in [5.41, 5.74) is 1.50. The van der Waals surface area contributed by atoms with Crippen molar-refractivity contribution in [3.8, 4) is 0 Å². The highest BCUT2D eigenvalue weighted by atomic mass is 32.2. The molecule has 1 aromatic rings. The number of hydrogen-bond acceptors (Lipinski definition) is 3. The van der Waals surface area contributed by atoms with Gasteiger partial charge >= 0.3 is 0 Å². The Morgan fingerprint density at radius 2 is 2.25 bits per heavy atom. The zero-order chi connectivity index (χ0) is 11.0. The Balaban J connectivity index is 1.69.